The van der Waals surface area contributed by atoms with E-state index in [0.717, 1.165) is 64.2 Å². The maximum atomic E-state index is 13.7. The van der Waals surface area contributed by atoms with Crippen molar-refractivity contribution in [3.05, 3.63) is 68.0 Å². The fraction of sp³-hybridized carbons (Fsp3) is 0.737. The topological polar surface area (TPSA) is 99.4 Å². The molecule has 10 nitrogen and oxygen atoms in total. The molecule has 3 fully saturated rings. The molecule has 5 atom stereocenters. The van der Waals surface area contributed by atoms with E-state index in [1.165, 1.54) is 15.7 Å². The SMILES string of the molecule is Cc1cn([C@H]2C[C@H](OC3CCCCO3)[C@@H](COC3CCCCO3)O2)c(=O)n(CCCCCc2ccc(CO[Si](C)(C)C(C)(C)C)cc2)c1=O. The first-order valence-electron chi connectivity index (χ1n) is 18.6. The molecule has 0 radical (unpaired) electrons. The van der Waals surface area contributed by atoms with Gasteiger partial charge in [-0.3, -0.25) is 13.9 Å². The van der Waals surface area contributed by atoms with Gasteiger partial charge in [0.25, 0.3) is 5.56 Å². The Bertz CT molecular complexity index is 1440. The molecule has 1 aromatic carbocycles. The van der Waals surface area contributed by atoms with E-state index in [9.17, 15) is 9.59 Å². The van der Waals surface area contributed by atoms with Crippen LogP contribution in [0, 0.1) is 6.92 Å². The molecule has 2 unspecified atom stereocenters. The van der Waals surface area contributed by atoms with Crippen LogP contribution in [0.1, 0.15) is 108 Å². The predicted octanol–water partition coefficient (Wildman–Crippen LogP) is 7.00. The lowest BCUT2D eigenvalue weighted by Gasteiger charge is -2.36. The van der Waals surface area contributed by atoms with Crippen molar-refractivity contribution in [1.29, 1.82) is 0 Å². The number of unbranched alkanes of at least 4 members (excludes halogenated alkanes) is 2. The van der Waals surface area contributed by atoms with Gasteiger partial charge in [-0.05, 0) is 94.0 Å². The highest BCUT2D eigenvalue weighted by molar-refractivity contribution is 6.74. The molecule has 0 spiro atoms. The molecule has 3 aliphatic rings. The number of hydrogen-bond acceptors (Lipinski definition) is 8. The van der Waals surface area contributed by atoms with Gasteiger partial charge in [0.1, 0.15) is 12.3 Å². The lowest BCUT2D eigenvalue weighted by atomic mass is 10.1. The van der Waals surface area contributed by atoms with Crippen molar-refractivity contribution in [2.75, 3.05) is 19.8 Å². The van der Waals surface area contributed by atoms with Gasteiger partial charge in [-0.1, -0.05) is 51.5 Å². The van der Waals surface area contributed by atoms with E-state index < -0.39 is 14.5 Å². The third-order valence-corrected chi connectivity index (χ3v) is 15.2. The van der Waals surface area contributed by atoms with Gasteiger partial charge in [0.2, 0.25) is 0 Å². The Kier molecular flexibility index (Phi) is 13.5. The molecule has 11 heteroatoms. The van der Waals surface area contributed by atoms with Crippen LogP contribution in [-0.2, 0) is 47.7 Å². The van der Waals surface area contributed by atoms with Gasteiger partial charge in [-0.25, -0.2) is 4.79 Å². The summed E-state index contributed by atoms with van der Waals surface area (Å²) < 4.78 is 39.9. The van der Waals surface area contributed by atoms with Gasteiger partial charge < -0.3 is 28.1 Å². The summed E-state index contributed by atoms with van der Waals surface area (Å²) in [7, 11) is -1.78. The summed E-state index contributed by atoms with van der Waals surface area (Å²) in [4.78, 5) is 26.9. The molecular formula is C38H60N2O8Si. The van der Waals surface area contributed by atoms with Crippen LogP contribution in [0.2, 0.25) is 18.1 Å². The molecular weight excluding hydrogens is 641 g/mol. The molecule has 3 aliphatic heterocycles. The Morgan fingerprint density at radius 2 is 1.57 bits per heavy atom. The van der Waals surface area contributed by atoms with Gasteiger partial charge in [0.15, 0.2) is 20.9 Å². The van der Waals surface area contributed by atoms with Crippen LogP contribution in [0.15, 0.2) is 40.1 Å². The summed E-state index contributed by atoms with van der Waals surface area (Å²) >= 11 is 0. The number of ether oxygens (including phenoxy) is 5. The van der Waals surface area contributed by atoms with Gasteiger partial charge in [-0.2, -0.15) is 0 Å². The Morgan fingerprint density at radius 3 is 2.22 bits per heavy atom. The fourth-order valence-corrected chi connectivity index (χ4v) is 7.40. The molecule has 274 valence electrons. The number of aromatic nitrogens is 2. The molecule has 4 heterocycles. The second-order valence-electron chi connectivity index (χ2n) is 15.6. The average molecular weight is 701 g/mol. The Balaban J connectivity index is 1.15. The van der Waals surface area contributed by atoms with Crippen molar-refractivity contribution < 1.29 is 28.1 Å². The molecule has 49 heavy (non-hydrogen) atoms. The summed E-state index contributed by atoms with van der Waals surface area (Å²) in [6, 6.07) is 8.71. The Morgan fingerprint density at radius 1 is 0.898 bits per heavy atom. The van der Waals surface area contributed by atoms with Crippen LogP contribution in [0.5, 0.6) is 0 Å². The number of nitrogens with zero attached hydrogens (tertiary/aromatic N) is 2. The number of aryl methyl sites for hydroxylation is 2. The standard InChI is InChI=1S/C38H60N2O8Si/c1-28-25-40(33-24-31(48-35-16-10-13-23-44-35)32(47-33)27-45-34-15-9-12-22-43-34)37(42)39(36(28)41)21-11-7-8-14-29-17-19-30(20-18-29)26-46-49(5,6)38(2,3)4/h17-20,25,31-35H,7-16,21-24,26-27H2,1-6H3/t31-,32+,33+,34?,35?/m0/s1. The second kappa shape index (κ2) is 17.4. The number of hydrogen-bond donors (Lipinski definition) is 0. The minimum Gasteiger partial charge on any atom is -0.413 e. The zero-order valence-corrected chi connectivity index (χ0v) is 31.7. The monoisotopic (exact) mass is 700 g/mol. The zero-order valence-electron chi connectivity index (χ0n) is 30.7. The largest absolute Gasteiger partial charge is 0.413 e. The number of benzene rings is 1. The quantitative estimate of drug-likeness (QED) is 0.145. The summed E-state index contributed by atoms with van der Waals surface area (Å²) in [6.07, 6.45) is 9.81. The third kappa shape index (κ3) is 10.5. The summed E-state index contributed by atoms with van der Waals surface area (Å²) in [5, 5.41) is 0.193. The summed E-state index contributed by atoms with van der Waals surface area (Å²) in [5.41, 5.74) is 2.42. The average Bonchev–Trinajstić information content (AvgIpc) is 3.48. The highest BCUT2D eigenvalue weighted by atomic mass is 28.4. The van der Waals surface area contributed by atoms with Gasteiger partial charge in [0, 0.05) is 37.9 Å². The third-order valence-electron chi connectivity index (χ3n) is 10.7. The summed E-state index contributed by atoms with van der Waals surface area (Å²) in [5.74, 6) is 0. The highest BCUT2D eigenvalue weighted by Crippen LogP contribution is 2.37. The van der Waals surface area contributed by atoms with Crippen molar-refractivity contribution in [1.82, 2.24) is 9.13 Å². The van der Waals surface area contributed by atoms with Crippen LogP contribution in [0.3, 0.4) is 0 Å². The van der Waals surface area contributed by atoms with E-state index in [0.29, 0.717) is 45.0 Å². The molecule has 2 aromatic rings. The van der Waals surface area contributed by atoms with E-state index in [2.05, 4.69) is 58.1 Å². The van der Waals surface area contributed by atoms with E-state index in [4.69, 9.17) is 28.1 Å². The summed E-state index contributed by atoms with van der Waals surface area (Å²) in [6.45, 7) is 15.8. The normalized spacial score (nSPS) is 25.1. The molecule has 1 aromatic heterocycles. The van der Waals surface area contributed by atoms with E-state index in [-0.39, 0.29) is 41.1 Å². The van der Waals surface area contributed by atoms with Gasteiger partial charge in [0.05, 0.1) is 19.3 Å². The lowest BCUT2D eigenvalue weighted by molar-refractivity contribution is -0.216. The predicted molar refractivity (Wildman–Crippen MR) is 192 cm³/mol. The fourth-order valence-electron chi connectivity index (χ4n) is 6.44. The van der Waals surface area contributed by atoms with Crippen molar-refractivity contribution in [2.24, 2.45) is 0 Å². The van der Waals surface area contributed by atoms with Crippen LogP contribution >= 0.6 is 0 Å². The first kappa shape index (κ1) is 38.1. The molecule has 0 bridgehead atoms. The Labute approximate surface area is 293 Å². The van der Waals surface area contributed by atoms with Crippen LogP contribution in [-0.4, -0.2) is 62.1 Å². The van der Waals surface area contributed by atoms with Crippen molar-refractivity contribution in [3.8, 4) is 0 Å². The van der Waals surface area contributed by atoms with E-state index in [1.807, 2.05) is 0 Å². The maximum absolute atomic E-state index is 13.7. The molecule has 0 amide bonds. The van der Waals surface area contributed by atoms with Crippen molar-refractivity contribution in [2.45, 2.75) is 161 Å². The highest BCUT2D eigenvalue weighted by Gasteiger charge is 2.40. The minimum absolute atomic E-state index is 0.193. The Hall–Kier alpha value is -2.12. The van der Waals surface area contributed by atoms with Gasteiger partial charge in [-0.15, -0.1) is 0 Å². The molecule has 3 saturated heterocycles. The minimum atomic E-state index is -1.78. The number of rotatable bonds is 15. The zero-order chi connectivity index (χ0) is 35.0. The van der Waals surface area contributed by atoms with Crippen LogP contribution in [0.25, 0.3) is 0 Å². The molecule has 0 saturated carbocycles. The smallest absolute Gasteiger partial charge is 0.333 e. The molecule has 5 rings (SSSR count). The molecule has 0 aliphatic carbocycles. The van der Waals surface area contributed by atoms with Gasteiger partial charge >= 0.3 is 5.69 Å². The van der Waals surface area contributed by atoms with E-state index >= 15 is 0 Å². The maximum Gasteiger partial charge on any atom is 0.333 e. The molecule has 0 N–H and O–H groups in total. The van der Waals surface area contributed by atoms with Crippen molar-refractivity contribution in [3.63, 3.8) is 0 Å². The first-order chi connectivity index (χ1) is 23.4. The first-order valence-corrected chi connectivity index (χ1v) is 21.5. The van der Waals surface area contributed by atoms with Crippen LogP contribution in [0.4, 0.5) is 0 Å². The lowest BCUT2D eigenvalue weighted by Crippen LogP contribution is -2.42. The second-order valence-corrected chi connectivity index (χ2v) is 20.4. The van der Waals surface area contributed by atoms with Crippen LogP contribution < -0.4 is 11.2 Å². The van der Waals surface area contributed by atoms with Crippen molar-refractivity contribution >= 4 is 8.32 Å². The van der Waals surface area contributed by atoms with E-state index in [1.54, 1.807) is 17.7 Å².